The molecule has 0 saturated heterocycles. The lowest BCUT2D eigenvalue weighted by Crippen LogP contribution is -2.28. The van der Waals surface area contributed by atoms with Crippen LogP contribution in [0.3, 0.4) is 0 Å². The van der Waals surface area contributed by atoms with E-state index in [0.717, 1.165) is 36.3 Å². The number of fused-ring (bicyclic) bond motifs is 1. The van der Waals surface area contributed by atoms with Crippen LogP contribution in [0.2, 0.25) is 0 Å². The number of hydrogen-bond acceptors (Lipinski definition) is 2. The lowest BCUT2D eigenvalue weighted by Gasteiger charge is -2.10. The minimum atomic E-state index is 0.0929. The van der Waals surface area contributed by atoms with Gasteiger partial charge in [0, 0.05) is 17.8 Å². The minimum absolute atomic E-state index is 0.0929. The van der Waals surface area contributed by atoms with Crippen molar-refractivity contribution in [2.45, 2.75) is 19.8 Å². The highest BCUT2D eigenvalue weighted by atomic mass is 16.1. The second-order valence-corrected chi connectivity index (χ2v) is 5.56. The van der Waals surface area contributed by atoms with Crippen molar-refractivity contribution in [1.29, 1.82) is 0 Å². The van der Waals surface area contributed by atoms with Gasteiger partial charge in [-0.3, -0.25) is 4.79 Å². The molecule has 0 unspecified atom stereocenters. The molecule has 1 heterocycles. The first-order valence-corrected chi connectivity index (χ1v) is 7.04. The van der Waals surface area contributed by atoms with Crippen LogP contribution in [0.25, 0.3) is 10.9 Å². The average Bonchev–Trinajstić information content (AvgIpc) is 2.74. The fraction of sp³-hybridized carbons (Fsp3) is 0.438. The van der Waals surface area contributed by atoms with E-state index in [4.69, 9.17) is 0 Å². The summed E-state index contributed by atoms with van der Waals surface area (Å²) in [5.41, 5.74) is 3.32. The van der Waals surface area contributed by atoms with Gasteiger partial charge in [0.05, 0.1) is 6.42 Å². The third-order valence-corrected chi connectivity index (χ3v) is 3.29. The Kier molecular flexibility index (Phi) is 4.79. The van der Waals surface area contributed by atoms with E-state index in [0.29, 0.717) is 6.42 Å². The van der Waals surface area contributed by atoms with E-state index >= 15 is 0 Å². The molecule has 2 N–H and O–H groups in total. The number of rotatable bonds is 6. The van der Waals surface area contributed by atoms with Crippen LogP contribution >= 0.6 is 0 Å². The summed E-state index contributed by atoms with van der Waals surface area (Å²) in [7, 11) is 4.08. The summed E-state index contributed by atoms with van der Waals surface area (Å²) >= 11 is 0. The molecule has 2 aromatic rings. The van der Waals surface area contributed by atoms with Gasteiger partial charge >= 0.3 is 0 Å². The molecular weight excluding hydrogens is 250 g/mol. The fourth-order valence-electron chi connectivity index (χ4n) is 2.31. The maximum atomic E-state index is 11.9. The van der Waals surface area contributed by atoms with E-state index in [-0.39, 0.29) is 5.91 Å². The molecule has 4 nitrogen and oxygen atoms in total. The van der Waals surface area contributed by atoms with Crippen LogP contribution in [0.15, 0.2) is 24.3 Å². The topological polar surface area (TPSA) is 48.1 Å². The molecule has 1 aromatic carbocycles. The molecule has 0 atom stereocenters. The standard InChI is InChI=1S/C16H23N3O/c1-12-9-14-10-13(5-6-15(14)18-12)11-16(20)17-7-4-8-19(2)3/h5-6,9-10,18H,4,7-8,11H2,1-3H3,(H,17,20). The van der Waals surface area contributed by atoms with Crippen LogP contribution in [0, 0.1) is 6.92 Å². The van der Waals surface area contributed by atoms with Crippen molar-refractivity contribution in [2.24, 2.45) is 0 Å². The number of benzene rings is 1. The largest absolute Gasteiger partial charge is 0.359 e. The summed E-state index contributed by atoms with van der Waals surface area (Å²) in [5, 5.41) is 4.13. The van der Waals surface area contributed by atoms with Gasteiger partial charge in [0.1, 0.15) is 0 Å². The van der Waals surface area contributed by atoms with E-state index in [1.54, 1.807) is 0 Å². The molecular formula is C16H23N3O. The number of aromatic nitrogens is 1. The fourth-order valence-corrected chi connectivity index (χ4v) is 2.31. The molecule has 0 spiro atoms. The molecule has 0 aliphatic carbocycles. The molecule has 20 heavy (non-hydrogen) atoms. The monoisotopic (exact) mass is 273 g/mol. The van der Waals surface area contributed by atoms with Crippen LogP contribution in [0.1, 0.15) is 17.7 Å². The van der Waals surface area contributed by atoms with Crippen molar-refractivity contribution in [1.82, 2.24) is 15.2 Å². The molecule has 0 radical (unpaired) electrons. The number of carbonyl (C=O) groups is 1. The number of aryl methyl sites for hydroxylation is 1. The summed E-state index contributed by atoms with van der Waals surface area (Å²) in [6.07, 6.45) is 1.43. The van der Waals surface area contributed by atoms with Gasteiger partial charge in [-0.15, -0.1) is 0 Å². The third kappa shape index (κ3) is 4.10. The molecule has 1 aromatic heterocycles. The number of H-pyrrole nitrogens is 1. The Balaban J connectivity index is 1.86. The second-order valence-electron chi connectivity index (χ2n) is 5.56. The quantitative estimate of drug-likeness (QED) is 0.792. The van der Waals surface area contributed by atoms with Crippen LogP contribution in [0.4, 0.5) is 0 Å². The average molecular weight is 273 g/mol. The number of hydrogen-bond donors (Lipinski definition) is 2. The van der Waals surface area contributed by atoms with Crippen LogP contribution in [-0.4, -0.2) is 43.0 Å². The number of nitrogens with one attached hydrogen (secondary N) is 2. The molecule has 2 rings (SSSR count). The molecule has 0 aliphatic heterocycles. The van der Waals surface area contributed by atoms with Crippen molar-refractivity contribution in [3.05, 3.63) is 35.5 Å². The lowest BCUT2D eigenvalue weighted by molar-refractivity contribution is -0.120. The van der Waals surface area contributed by atoms with Crippen molar-refractivity contribution < 1.29 is 4.79 Å². The normalized spacial score (nSPS) is 11.2. The smallest absolute Gasteiger partial charge is 0.224 e. The minimum Gasteiger partial charge on any atom is -0.359 e. The van der Waals surface area contributed by atoms with Gasteiger partial charge in [0.2, 0.25) is 5.91 Å². The van der Waals surface area contributed by atoms with Crippen molar-refractivity contribution in [3.63, 3.8) is 0 Å². The Morgan fingerprint density at radius 1 is 1.30 bits per heavy atom. The van der Waals surface area contributed by atoms with Gasteiger partial charge in [0.25, 0.3) is 0 Å². The molecule has 4 heteroatoms. The van der Waals surface area contributed by atoms with E-state index in [1.807, 2.05) is 33.2 Å². The Bertz CT molecular complexity index is 586. The van der Waals surface area contributed by atoms with E-state index in [1.165, 1.54) is 5.39 Å². The highest BCUT2D eigenvalue weighted by Crippen LogP contribution is 2.17. The number of carbonyl (C=O) groups excluding carboxylic acids is 1. The van der Waals surface area contributed by atoms with Crippen molar-refractivity contribution >= 4 is 16.8 Å². The van der Waals surface area contributed by atoms with Crippen molar-refractivity contribution in [2.75, 3.05) is 27.2 Å². The van der Waals surface area contributed by atoms with Gasteiger partial charge in [0.15, 0.2) is 0 Å². The summed E-state index contributed by atoms with van der Waals surface area (Å²) in [6.45, 7) is 3.77. The lowest BCUT2D eigenvalue weighted by atomic mass is 10.1. The molecule has 0 fully saturated rings. The maximum absolute atomic E-state index is 11.9. The number of aromatic amines is 1. The highest BCUT2D eigenvalue weighted by Gasteiger charge is 2.05. The zero-order valence-electron chi connectivity index (χ0n) is 12.5. The SMILES string of the molecule is Cc1cc2cc(CC(=O)NCCCN(C)C)ccc2[nH]1. The summed E-state index contributed by atoms with van der Waals surface area (Å²) in [5.74, 6) is 0.0929. The summed E-state index contributed by atoms with van der Waals surface area (Å²) in [4.78, 5) is 17.3. The van der Waals surface area contributed by atoms with Gasteiger partial charge < -0.3 is 15.2 Å². The summed E-state index contributed by atoms with van der Waals surface area (Å²) in [6, 6.07) is 8.24. The maximum Gasteiger partial charge on any atom is 0.224 e. The van der Waals surface area contributed by atoms with Gasteiger partial charge in [-0.2, -0.15) is 0 Å². The van der Waals surface area contributed by atoms with Gasteiger partial charge in [-0.25, -0.2) is 0 Å². The Hall–Kier alpha value is -1.81. The highest BCUT2D eigenvalue weighted by molar-refractivity contribution is 5.84. The molecule has 0 saturated carbocycles. The van der Waals surface area contributed by atoms with E-state index in [9.17, 15) is 4.79 Å². The van der Waals surface area contributed by atoms with E-state index < -0.39 is 0 Å². The molecule has 0 aliphatic rings. The zero-order valence-corrected chi connectivity index (χ0v) is 12.5. The molecule has 0 bridgehead atoms. The number of amides is 1. The zero-order chi connectivity index (χ0) is 14.5. The first-order valence-electron chi connectivity index (χ1n) is 7.04. The predicted molar refractivity (Wildman–Crippen MR) is 82.9 cm³/mol. The van der Waals surface area contributed by atoms with Gasteiger partial charge in [-0.1, -0.05) is 6.07 Å². The Morgan fingerprint density at radius 2 is 2.10 bits per heavy atom. The van der Waals surface area contributed by atoms with Crippen molar-refractivity contribution in [3.8, 4) is 0 Å². The predicted octanol–water partition coefficient (Wildman–Crippen LogP) is 2.09. The molecule has 1 amide bonds. The Morgan fingerprint density at radius 3 is 2.85 bits per heavy atom. The second kappa shape index (κ2) is 6.57. The number of nitrogens with zero attached hydrogens (tertiary/aromatic N) is 1. The van der Waals surface area contributed by atoms with Crippen LogP contribution in [-0.2, 0) is 11.2 Å². The summed E-state index contributed by atoms with van der Waals surface area (Å²) < 4.78 is 0. The van der Waals surface area contributed by atoms with E-state index in [2.05, 4.69) is 27.3 Å². The van der Waals surface area contributed by atoms with Gasteiger partial charge in [-0.05, 0) is 63.1 Å². The third-order valence-electron chi connectivity index (χ3n) is 3.29. The van der Waals surface area contributed by atoms with Crippen LogP contribution < -0.4 is 5.32 Å². The van der Waals surface area contributed by atoms with Crippen LogP contribution in [0.5, 0.6) is 0 Å². The Labute approximate surface area is 120 Å². The first-order chi connectivity index (χ1) is 9.54. The molecule has 108 valence electrons. The first kappa shape index (κ1) is 14.6.